The van der Waals surface area contributed by atoms with E-state index in [1.165, 1.54) is 36.0 Å². The Morgan fingerprint density at radius 3 is 2.31 bits per heavy atom. The Hall–Kier alpha value is -3.14. The normalized spacial score (nSPS) is 10.2. The summed E-state index contributed by atoms with van der Waals surface area (Å²) < 4.78 is 0. The average molecular weight is 376 g/mol. The third kappa shape index (κ3) is 4.93. The first-order chi connectivity index (χ1) is 12.4. The Morgan fingerprint density at radius 1 is 1.04 bits per heavy atom. The first-order valence-corrected chi connectivity index (χ1v) is 8.74. The van der Waals surface area contributed by atoms with E-state index in [1.807, 2.05) is 6.26 Å². The van der Waals surface area contributed by atoms with E-state index in [2.05, 4.69) is 10.6 Å². The van der Waals surface area contributed by atoms with Crippen molar-refractivity contribution in [3.8, 4) is 0 Å². The lowest BCUT2D eigenvalue weighted by Crippen LogP contribution is -2.29. The maximum atomic E-state index is 12.2. The van der Waals surface area contributed by atoms with Crippen LogP contribution >= 0.6 is 11.8 Å². The minimum Gasteiger partial charge on any atom is -0.383 e. The molecule has 0 saturated heterocycles. The number of nitrogens with zero attached hydrogens (tertiary/aromatic N) is 2. The molecule has 0 saturated carbocycles. The van der Waals surface area contributed by atoms with Crippen molar-refractivity contribution >= 4 is 34.7 Å². The molecule has 2 aromatic carbocycles. The van der Waals surface area contributed by atoms with Gasteiger partial charge in [0.25, 0.3) is 17.3 Å². The van der Waals surface area contributed by atoms with Crippen molar-refractivity contribution in [1.82, 2.24) is 5.32 Å². The smallest absolute Gasteiger partial charge is 0.282 e. The third-order valence-corrected chi connectivity index (χ3v) is 4.19. The topological polar surface area (TPSA) is 127 Å². The van der Waals surface area contributed by atoms with Gasteiger partial charge in [0.2, 0.25) is 0 Å². The monoisotopic (exact) mass is 376 g/mol. The third-order valence-electron chi connectivity index (χ3n) is 3.46. The van der Waals surface area contributed by atoms with Gasteiger partial charge in [0.15, 0.2) is 0 Å². The standard InChI is InChI=1S/C16H16N4O5S/c1-26-13-6-7-15(20(24)25)14(10-13)16(21)18-9-8-17-11-2-4-12(5-3-11)19(22)23/h2-7,10,17H,8-9H2,1H3,(H,18,21). The number of carbonyl (C=O) groups is 1. The van der Waals surface area contributed by atoms with Crippen LogP contribution in [0.25, 0.3) is 0 Å². The fraction of sp³-hybridized carbons (Fsp3) is 0.188. The molecule has 0 aliphatic carbocycles. The van der Waals surface area contributed by atoms with Crippen LogP contribution in [0.5, 0.6) is 0 Å². The highest BCUT2D eigenvalue weighted by atomic mass is 32.2. The fourth-order valence-corrected chi connectivity index (χ4v) is 2.60. The van der Waals surface area contributed by atoms with Crippen LogP contribution in [0.1, 0.15) is 10.4 Å². The van der Waals surface area contributed by atoms with Crippen molar-refractivity contribution < 1.29 is 14.6 Å². The molecule has 136 valence electrons. The number of nitro benzene ring substituents is 2. The van der Waals surface area contributed by atoms with Crippen LogP contribution in [-0.2, 0) is 0 Å². The number of rotatable bonds is 8. The number of thioether (sulfide) groups is 1. The molecule has 0 heterocycles. The molecule has 1 amide bonds. The predicted molar refractivity (Wildman–Crippen MR) is 98.8 cm³/mol. The molecule has 0 spiro atoms. The second kappa shape index (κ2) is 8.81. The lowest BCUT2D eigenvalue weighted by molar-refractivity contribution is -0.385. The van der Waals surface area contributed by atoms with Crippen LogP contribution in [0.2, 0.25) is 0 Å². The number of non-ortho nitro benzene ring substituents is 1. The Balaban J connectivity index is 1.92. The van der Waals surface area contributed by atoms with Gasteiger partial charge in [-0.25, -0.2) is 0 Å². The lowest BCUT2D eigenvalue weighted by atomic mass is 10.1. The summed E-state index contributed by atoms with van der Waals surface area (Å²) in [6, 6.07) is 10.3. The van der Waals surface area contributed by atoms with Gasteiger partial charge in [-0.3, -0.25) is 25.0 Å². The minimum atomic E-state index is -0.589. The van der Waals surface area contributed by atoms with Crippen LogP contribution in [0.15, 0.2) is 47.4 Å². The zero-order chi connectivity index (χ0) is 19.1. The predicted octanol–water partition coefficient (Wildman–Crippen LogP) is 3.07. The number of amides is 1. The molecule has 0 aliphatic rings. The van der Waals surface area contributed by atoms with E-state index >= 15 is 0 Å². The van der Waals surface area contributed by atoms with Crippen LogP contribution in [-0.4, -0.2) is 35.1 Å². The van der Waals surface area contributed by atoms with Crippen molar-refractivity contribution in [3.05, 3.63) is 68.3 Å². The molecule has 0 radical (unpaired) electrons. The molecule has 10 heteroatoms. The van der Waals surface area contributed by atoms with Gasteiger partial charge < -0.3 is 10.6 Å². The zero-order valence-electron chi connectivity index (χ0n) is 13.8. The molecular formula is C16H16N4O5S. The fourth-order valence-electron chi connectivity index (χ4n) is 2.16. The van der Waals surface area contributed by atoms with E-state index < -0.39 is 15.8 Å². The van der Waals surface area contributed by atoms with Gasteiger partial charge >= 0.3 is 0 Å². The molecule has 0 atom stereocenters. The second-order valence-corrected chi connectivity index (χ2v) is 6.01. The first-order valence-electron chi connectivity index (χ1n) is 7.51. The second-order valence-electron chi connectivity index (χ2n) is 5.13. The van der Waals surface area contributed by atoms with E-state index in [4.69, 9.17) is 0 Å². The summed E-state index contributed by atoms with van der Waals surface area (Å²) in [6.07, 6.45) is 1.82. The number of nitro groups is 2. The van der Waals surface area contributed by atoms with Gasteiger partial charge in [-0.2, -0.15) is 0 Å². The van der Waals surface area contributed by atoms with Crippen molar-refractivity contribution in [2.75, 3.05) is 24.7 Å². The highest BCUT2D eigenvalue weighted by molar-refractivity contribution is 7.98. The zero-order valence-corrected chi connectivity index (χ0v) is 14.6. The quantitative estimate of drug-likeness (QED) is 0.314. The molecule has 2 aromatic rings. The number of hydrogen-bond acceptors (Lipinski definition) is 7. The van der Waals surface area contributed by atoms with E-state index in [9.17, 15) is 25.0 Å². The van der Waals surface area contributed by atoms with E-state index in [0.717, 1.165) is 4.90 Å². The largest absolute Gasteiger partial charge is 0.383 e. The highest BCUT2D eigenvalue weighted by Crippen LogP contribution is 2.24. The summed E-state index contributed by atoms with van der Waals surface area (Å²) >= 11 is 1.39. The molecule has 0 fully saturated rings. The Bertz CT molecular complexity index is 826. The maximum Gasteiger partial charge on any atom is 0.282 e. The molecule has 2 rings (SSSR count). The highest BCUT2D eigenvalue weighted by Gasteiger charge is 2.20. The van der Waals surface area contributed by atoms with Crippen molar-refractivity contribution in [1.29, 1.82) is 0 Å². The molecule has 0 bridgehead atoms. The van der Waals surface area contributed by atoms with E-state index in [1.54, 1.807) is 18.2 Å². The maximum absolute atomic E-state index is 12.2. The molecule has 0 unspecified atom stereocenters. The van der Waals surface area contributed by atoms with Crippen molar-refractivity contribution in [2.24, 2.45) is 0 Å². The summed E-state index contributed by atoms with van der Waals surface area (Å²) in [5.41, 5.74) is 0.422. The molecular weight excluding hydrogens is 360 g/mol. The van der Waals surface area contributed by atoms with E-state index in [-0.39, 0.29) is 23.5 Å². The average Bonchev–Trinajstić information content (AvgIpc) is 2.64. The van der Waals surface area contributed by atoms with Crippen LogP contribution in [0.4, 0.5) is 17.1 Å². The summed E-state index contributed by atoms with van der Waals surface area (Å²) in [5.74, 6) is -0.530. The number of carbonyl (C=O) groups excluding carboxylic acids is 1. The molecule has 0 aliphatic heterocycles. The van der Waals surface area contributed by atoms with Gasteiger partial charge in [-0.1, -0.05) is 0 Å². The van der Waals surface area contributed by atoms with Gasteiger partial charge in [0, 0.05) is 41.9 Å². The summed E-state index contributed by atoms with van der Waals surface area (Å²) in [4.78, 5) is 33.6. The van der Waals surface area contributed by atoms with Gasteiger partial charge in [-0.05, 0) is 30.5 Å². The van der Waals surface area contributed by atoms with Crippen LogP contribution < -0.4 is 10.6 Å². The van der Waals surface area contributed by atoms with Gasteiger partial charge in [0.05, 0.1) is 9.85 Å². The molecule has 26 heavy (non-hydrogen) atoms. The summed E-state index contributed by atoms with van der Waals surface area (Å²) in [7, 11) is 0. The first kappa shape index (κ1) is 19.2. The number of benzene rings is 2. The molecule has 2 N–H and O–H groups in total. The summed E-state index contributed by atoms with van der Waals surface area (Å²) in [5, 5.41) is 27.3. The van der Waals surface area contributed by atoms with Crippen LogP contribution in [0, 0.1) is 20.2 Å². The Kier molecular flexibility index (Phi) is 6.50. The molecule has 0 aromatic heterocycles. The number of nitrogens with one attached hydrogen (secondary N) is 2. The van der Waals surface area contributed by atoms with Gasteiger partial charge in [0.1, 0.15) is 5.56 Å². The minimum absolute atomic E-state index is 0.00941. The number of anilines is 1. The van der Waals surface area contributed by atoms with Crippen LogP contribution in [0.3, 0.4) is 0 Å². The Morgan fingerprint density at radius 2 is 1.73 bits per heavy atom. The van der Waals surface area contributed by atoms with Crippen molar-refractivity contribution in [3.63, 3.8) is 0 Å². The van der Waals surface area contributed by atoms with E-state index in [0.29, 0.717) is 12.2 Å². The molecule has 9 nitrogen and oxygen atoms in total. The van der Waals surface area contributed by atoms with Crippen molar-refractivity contribution in [2.45, 2.75) is 4.90 Å². The summed E-state index contributed by atoms with van der Waals surface area (Å²) in [6.45, 7) is 0.593. The Labute approximate surface area is 153 Å². The lowest BCUT2D eigenvalue weighted by Gasteiger charge is -2.09. The van der Waals surface area contributed by atoms with Gasteiger partial charge in [-0.15, -0.1) is 11.8 Å². The SMILES string of the molecule is CSc1ccc([N+](=O)[O-])c(C(=O)NCCNc2ccc([N+](=O)[O-])cc2)c1. The number of hydrogen-bond donors (Lipinski definition) is 2.